The van der Waals surface area contributed by atoms with Crippen molar-refractivity contribution in [3.8, 4) is 16.9 Å². The Morgan fingerprint density at radius 2 is 1.58 bits per heavy atom. The Hall–Kier alpha value is -3.07. The number of carbonyl (C=O) groups excluding carboxylic acids is 1. The van der Waals surface area contributed by atoms with Crippen LogP contribution in [0.3, 0.4) is 0 Å². The number of fused-ring (bicyclic) bond motifs is 1. The SMILES string of the molecule is O=C(COc1ccc(-c2ccccc2)cc1)Nc1ccc2c(c1)CCC2. The van der Waals surface area contributed by atoms with E-state index >= 15 is 0 Å². The molecule has 0 unspecified atom stereocenters. The summed E-state index contributed by atoms with van der Waals surface area (Å²) in [6.07, 6.45) is 3.45. The van der Waals surface area contributed by atoms with E-state index in [1.165, 1.54) is 17.5 Å². The van der Waals surface area contributed by atoms with Gasteiger partial charge >= 0.3 is 0 Å². The first-order valence-electron chi connectivity index (χ1n) is 8.98. The van der Waals surface area contributed by atoms with Crippen LogP contribution in [0.2, 0.25) is 0 Å². The zero-order valence-corrected chi connectivity index (χ0v) is 14.6. The monoisotopic (exact) mass is 343 g/mol. The lowest BCUT2D eigenvalue weighted by molar-refractivity contribution is -0.118. The Bertz CT molecular complexity index is 901. The Labute approximate surface area is 153 Å². The summed E-state index contributed by atoms with van der Waals surface area (Å²) in [6, 6.07) is 24.1. The van der Waals surface area contributed by atoms with Crippen molar-refractivity contribution in [2.75, 3.05) is 11.9 Å². The van der Waals surface area contributed by atoms with Gasteiger partial charge in [0.25, 0.3) is 5.91 Å². The normalized spacial score (nSPS) is 12.5. The minimum atomic E-state index is -0.143. The zero-order valence-electron chi connectivity index (χ0n) is 14.6. The molecule has 3 heteroatoms. The topological polar surface area (TPSA) is 38.3 Å². The summed E-state index contributed by atoms with van der Waals surface area (Å²) < 4.78 is 5.61. The number of amides is 1. The lowest BCUT2D eigenvalue weighted by Gasteiger charge is -2.09. The number of anilines is 1. The molecule has 4 rings (SSSR count). The first kappa shape index (κ1) is 16.4. The highest BCUT2D eigenvalue weighted by Crippen LogP contribution is 2.25. The van der Waals surface area contributed by atoms with Gasteiger partial charge in [-0.25, -0.2) is 0 Å². The standard InChI is InChI=1S/C23H21NO2/c25-23(24-21-12-9-18-7-4-8-20(18)15-21)16-26-22-13-10-19(11-14-22)17-5-2-1-3-6-17/h1-3,5-6,9-15H,4,7-8,16H2,(H,24,25). The molecule has 3 nitrogen and oxygen atoms in total. The maximum atomic E-state index is 12.1. The van der Waals surface area contributed by atoms with Gasteiger partial charge < -0.3 is 10.1 Å². The fraction of sp³-hybridized carbons (Fsp3) is 0.174. The molecule has 0 aliphatic heterocycles. The van der Waals surface area contributed by atoms with Crippen molar-refractivity contribution in [1.29, 1.82) is 0 Å². The molecule has 3 aromatic carbocycles. The second kappa shape index (κ2) is 7.44. The average molecular weight is 343 g/mol. The number of rotatable bonds is 5. The molecule has 1 aliphatic rings. The van der Waals surface area contributed by atoms with Crippen molar-refractivity contribution in [2.45, 2.75) is 19.3 Å². The number of nitrogens with one attached hydrogen (secondary N) is 1. The van der Waals surface area contributed by atoms with Crippen molar-refractivity contribution in [2.24, 2.45) is 0 Å². The van der Waals surface area contributed by atoms with Crippen LogP contribution in [0.5, 0.6) is 5.75 Å². The third-order valence-electron chi connectivity index (χ3n) is 4.71. The number of ether oxygens (including phenoxy) is 1. The fourth-order valence-electron chi connectivity index (χ4n) is 3.37. The third-order valence-corrected chi connectivity index (χ3v) is 4.71. The van der Waals surface area contributed by atoms with E-state index in [2.05, 4.69) is 29.6 Å². The number of benzene rings is 3. The van der Waals surface area contributed by atoms with E-state index in [9.17, 15) is 4.79 Å². The number of carbonyl (C=O) groups is 1. The zero-order chi connectivity index (χ0) is 17.8. The second-order valence-electron chi connectivity index (χ2n) is 6.56. The lowest BCUT2D eigenvalue weighted by atomic mass is 10.1. The Morgan fingerprint density at radius 3 is 2.38 bits per heavy atom. The van der Waals surface area contributed by atoms with Crippen LogP contribution in [0.4, 0.5) is 5.69 Å². The summed E-state index contributed by atoms with van der Waals surface area (Å²) in [6.45, 7) is 0.00175. The lowest BCUT2D eigenvalue weighted by Crippen LogP contribution is -2.20. The van der Waals surface area contributed by atoms with Gasteiger partial charge in [-0.1, -0.05) is 48.5 Å². The summed E-state index contributed by atoms with van der Waals surface area (Å²) in [4.78, 5) is 12.1. The van der Waals surface area contributed by atoms with Crippen LogP contribution < -0.4 is 10.1 Å². The van der Waals surface area contributed by atoms with Crippen LogP contribution in [0.25, 0.3) is 11.1 Å². The third kappa shape index (κ3) is 3.77. The van der Waals surface area contributed by atoms with E-state index < -0.39 is 0 Å². The summed E-state index contributed by atoms with van der Waals surface area (Å²) in [5.41, 5.74) is 5.88. The number of aryl methyl sites for hydroxylation is 2. The van der Waals surface area contributed by atoms with Crippen LogP contribution in [-0.4, -0.2) is 12.5 Å². The largest absolute Gasteiger partial charge is 0.484 e. The molecular weight excluding hydrogens is 322 g/mol. The molecule has 0 saturated carbocycles. The molecule has 3 aromatic rings. The fourth-order valence-corrected chi connectivity index (χ4v) is 3.37. The minimum Gasteiger partial charge on any atom is -0.484 e. The Kier molecular flexibility index (Phi) is 4.69. The van der Waals surface area contributed by atoms with Gasteiger partial charge in [-0.2, -0.15) is 0 Å². The van der Waals surface area contributed by atoms with Crippen molar-refractivity contribution in [3.05, 3.63) is 83.9 Å². The van der Waals surface area contributed by atoms with E-state index in [0.29, 0.717) is 5.75 Å². The van der Waals surface area contributed by atoms with Crippen molar-refractivity contribution in [1.82, 2.24) is 0 Å². The van der Waals surface area contributed by atoms with Gasteiger partial charge in [0.05, 0.1) is 0 Å². The van der Waals surface area contributed by atoms with Crippen LogP contribution in [0.15, 0.2) is 72.8 Å². The first-order valence-corrected chi connectivity index (χ1v) is 8.98. The molecule has 0 bridgehead atoms. The molecular formula is C23H21NO2. The van der Waals surface area contributed by atoms with Crippen LogP contribution >= 0.6 is 0 Å². The molecule has 0 aromatic heterocycles. The van der Waals surface area contributed by atoms with Gasteiger partial charge in [0.15, 0.2) is 6.61 Å². The molecule has 0 radical (unpaired) electrons. The highest BCUT2D eigenvalue weighted by atomic mass is 16.5. The predicted octanol–water partition coefficient (Wildman–Crippen LogP) is 4.86. The number of hydrogen-bond donors (Lipinski definition) is 1. The molecule has 1 N–H and O–H groups in total. The van der Waals surface area contributed by atoms with E-state index in [4.69, 9.17) is 4.74 Å². The van der Waals surface area contributed by atoms with Gasteiger partial charge in [0, 0.05) is 5.69 Å². The first-order chi connectivity index (χ1) is 12.8. The minimum absolute atomic E-state index is 0.00175. The van der Waals surface area contributed by atoms with Gasteiger partial charge in [0.1, 0.15) is 5.75 Å². The molecule has 0 heterocycles. The second-order valence-corrected chi connectivity index (χ2v) is 6.56. The molecule has 1 amide bonds. The maximum Gasteiger partial charge on any atom is 0.262 e. The van der Waals surface area contributed by atoms with Crippen molar-refractivity contribution in [3.63, 3.8) is 0 Å². The average Bonchev–Trinajstić information content (AvgIpc) is 3.15. The van der Waals surface area contributed by atoms with Crippen LogP contribution in [0, 0.1) is 0 Å². The molecule has 26 heavy (non-hydrogen) atoms. The molecule has 130 valence electrons. The van der Waals surface area contributed by atoms with Crippen molar-refractivity contribution >= 4 is 11.6 Å². The van der Waals surface area contributed by atoms with E-state index in [1.54, 1.807) is 0 Å². The van der Waals surface area contributed by atoms with Gasteiger partial charge in [0.2, 0.25) is 0 Å². The van der Waals surface area contributed by atoms with E-state index in [0.717, 1.165) is 29.7 Å². The Balaban J connectivity index is 1.33. The van der Waals surface area contributed by atoms with Gasteiger partial charge in [-0.15, -0.1) is 0 Å². The highest BCUT2D eigenvalue weighted by molar-refractivity contribution is 5.92. The van der Waals surface area contributed by atoms with Crippen LogP contribution in [0.1, 0.15) is 17.5 Å². The number of hydrogen-bond acceptors (Lipinski definition) is 2. The summed E-state index contributed by atoms with van der Waals surface area (Å²) in [7, 11) is 0. The van der Waals surface area contributed by atoms with Gasteiger partial charge in [-0.05, 0) is 65.8 Å². The smallest absolute Gasteiger partial charge is 0.262 e. The highest BCUT2D eigenvalue weighted by Gasteiger charge is 2.12. The Morgan fingerprint density at radius 1 is 0.846 bits per heavy atom. The predicted molar refractivity (Wildman–Crippen MR) is 104 cm³/mol. The molecule has 0 atom stereocenters. The summed E-state index contributed by atoms with van der Waals surface area (Å²) >= 11 is 0. The maximum absolute atomic E-state index is 12.1. The molecule has 0 fully saturated rings. The van der Waals surface area contributed by atoms with Crippen molar-refractivity contribution < 1.29 is 9.53 Å². The van der Waals surface area contributed by atoms with E-state index in [1.807, 2.05) is 48.5 Å². The molecule has 0 saturated heterocycles. The molecule has 1 aliphatic carbocycles. The summed E-state index contributed by atoms with van der Waals surface area (Å²) in [5.74, 6) is 0.545. The molecule has 0 spiro atoms. The summed E-state index contributed by atoms with van der Waals surface area (Å²) in [5, 5.41) is 2.92. The van der Waals surface area contributed by atoms with Crippen LogP contribution in [-0.2, 0) is 17.6 Å². The quantitative estimate of drug-likeness (QED) is 0.718. The van der Waals surface area contributed by atoms with Gasteiger partial charge in [-0.3, -0.25) is 4.79 Å². The van der Waals surface area contributed by atoms with E-state index in [-0.39, 0.29) is 12.5 Å².